The molecule has 0 radical (unpaired) electrons. The third kappa shape index (κ3) is 4.46. The molecule has 0 aliphatic carbocycles. The van der Waals surface area contributed by atoms with E-state index in [4.69, 9.17) is 0 Å². The number of aromatic nitrogens is 1. The highest BCUT2D eigenvalue weighted by Gasteiger charge is 2.09. The Labute approximate surface area is 141 Å². The van der Waals surface area contributed by atoms with Gasteiger partial charge in [-0.15, -0.1) is 11.3 Å². The number of hydrogen-bond donors (Lipinski definition) is 1. The van der Waals surface area contributed by atoms with E-state index >= 15 is 0 Å². The zero-order valence-corrected chi connectivity index (χ0v) is 13.9. The molecule has 1 amide bonds. The predicted octanol–water partition coefficient (Wildman–Crippen LogP) is 3.91. The van der Waals surface area contributed by atoms with Crippen molar-refractivity contribution < 1.29 is 9.18 Å². The number of thiophene rings is 1. The van der Waals surface area contributed by atoms with Gasteiger partial charge in [0.1, 0.15) is 10.8 Å². The minimum absolute atomic E-state index is 0.0470. The SMILES string of the molecule is O=C(Cc1csc(-c2ccsc2)n1)NCCc1ccc(F)cc1. The van der Waals surface area contributed by atoms with Crippen molar-refractivity contribution in [2.24, 2.45) is 0 Å². The Bertz CT molecular complexity index is 766. The van der Waals surface area contributed by atoms with Gasteiger partial charge >= 0.3 is 0 Å². The van der Waals surface area contributed by atoms with Crippen LogP contribution in [0.3, 0.4) is 0 Å². The quantitative estimate of drug-likeness (QED) is 0.735. The number of nitrogens with one attached hydrogen (secondary N) is 1. The Hall–Kier alpha value is -2.05. The number of carbonyl (C=O) groups excluding carboxylic acids is 1. The van der Waals surface area contributed by atoms with Crippen LogP contribution in [0.5, 0.6) is 0 Å². The first kappa shape index (κ1) is 15.8. The van der Waals surface area contributed by atoms with E-state index in [0.29, 0.717) is 13.0 Å². The highest BCUT2D eigenvalue weighted by Crippen LogP contribution is 2.25. The Kier molecular flexibility index (Phi) is 5.15. The smallest absolute Gasteiger partial charge is 0.226 e. The standard InChI is InChI=1S/C17H15FN2OS2/c18-14-3-1-12(2-4-14)5-7-19-16(21)9-15-11-23-17(20-15)13-6-8-22-10-13/h1-4,6,8,10-11H,5,7,9H2,(H,19,21). The molecule has 0 aliphatic heterocycles. The summed E-state index contributed by atoms with van der Waals surface area (Å²) in [4.78, 5) is 16.4. The van der Waals surface area contributed by atoms with Crippen LogP contribution in [0.1, 0.15) is 11.3 Å². The number of halogens is 1. The molecule has 2 aromatic heterocycles. The fraction of sp³-hybridized carbons (Fsp3) is 0.176. The minimum Gasteiger partial charge on any atom is -0.355 e. The van der Waals surface area contributed by atoms with Crippen molar-refractivity contribution in [1.29, 1.82) is 0 Å². The molecule has 3 aromatic rings. The molecule has 0 saturated heterocycles. The van der Waals surface area contributed by atoms with E-state index in [0.717, 1.165) is 21.8 Å². The zero-order valence-electron chi connectivity index (χ0n) is 12.3. The van der Waals surface area contributed by atoms with E-state index in [9.17, 15) is 9.18 Å². The van der Waals surface area contributed by atoms with E-state index in [2.05, 4.69) is 10.3 Å². The molecule has 1 N–H and O–H groups in total. The highest BCUT2D eigenvalue weighted by molar-refractivity contribution is 7.14. The second kappa shape index (κ2) is 7.48. The van der Waals surface area contributed by atoms with Gasteiger partial charge in [0.2, 0.25) is 5.91 Å². The summed E-state index contributed by atoms with van der Waals surface area (Å²) in [5.74, 6) is -0.294. The first-order valence-electron chi connectivity index (χ1n) is 7.19. The molecule has 118 valence electrons. The largest absolute Gasteiger partial charge is 0.355 e. The molecule has 0 fully saturated rings. The van der Waals surface area contributed by atoms with Crippen molar-refractivity contribution in [2.45, 2.75) is 12.8 Å². The van der Waals surface area contributed by atoms with Gasteiger partial charge in [-0.25, -0.2) is 9.37 Å². The molecule has 3 rings (SSSR count). The molecule has 0 saturated carbocycles. The summed E-state index contributed by atoms with van der Waals surface area (Å²) in [6, 6.07) is 8.34. The zero-order chi connectivity index (χ0) is 16.1. The van der Waals surface area contributed by atoms with Crippen molar-refractivity contribution >= 4 is 28.6 Å². The molecule has 0 unspecified atom stereocenters. The molecular weight excluding hydrogens is 331 g/mol. The Morgan fingerprint density at radius 3 is 2.74 bits per heavy atom. The lowest BCUT2D eigenvalue weighted by atomic mass is 10.1. The summed E-state index contributed by atoms with van der Waals surface area (Å²) in [6.45, 7) is 0.534. The van der Waals surface area contributed by atoms with Crippen molar-refractivity contribution in [3.8, 4) is 10.6 Å². The second-order valence-electron chi connectivity index (χ2n) is 5.06. The minimum atomic E-state index is -0.247. The number of benzene rings is 1. The van der Waals surface area contributed by atoms with E-state index < -0.39 is 0 Å². The third-order valence-electron chi connectivity index (χ3n) is 3.31. The predicted molar refractivity (Wildman–Crippen MR) is 92.2 cm³/mol. The Balaban J connectivity index is 1.47. The Morgan fingerprint density at radius 2 is 2.00 bits per heavy atom. The summed E-state index contributed by atoms with van der Waals surface area (Å²) in [5.41, 5.74) is 2.89. The summed E-state index contributed by atoms with van der Waals surface area (Å²) in [5, 5.41) is 9.80. The first-order chi connectivity index (χ1) is 11.2. The van der Waals surface area contributed by atoms with E-state index in [1.54, 1.807) is 34.8 Å². The second-order valence-corrected chi connectivity index (χ2v) is 6.70. The van der Waals surface area contributed by atoms with Gasteiger partial charge in [-0.2, -0.15) is 11.3 Å². The van der Waals surface area contributed by atoms with E-state index in [1.165, 1.54) is 12.1 Å². The van der Waals surface area contributed by atoms with Gasteiger partial charge in [-0.1, -0.05) is 12.1 Å². The molecule has 0 aliphatic rings. The number of carbonyl (C=O) groups is 1. The maximum absolute atomic E-state index is 12.8. The van der Waals surface area contributed by atoms with E-state index in [-0.39, 0.29) is 18.1 Å². The van der Waals surface area contributed by atoms with Crippen LogP contribution in [0.4, 0.5) is 4.39 Å². The summed E-state index contributed by atoms with van der Waals surface area (Å²) in [7, 11) is 0. The van der Waals surface area contributed by atoms with Crippen LogP contribution in [0.25, 0.3) is 10.6 Å². The van der Waals surface area contributed by atoms with Crippen LogP contribution < -0.4 is 5.32 Å². The molecule has 3 nitrogen and oxygen atoms in total. The van der Waals surface area contributed by atoms with Gasteiger partial charge in [-0.3, -0.25) is 4.79 Å². The van der Waals surface area contributed by atoms with Crippen LogP contribution in [0, 0.1) is 5.82 Å². The highest BCUT2D eigenvalue weighted by atomic mass is 32.1. The van der Waals surface area contributed by atoms with Gasteiger partial charge in [0, 0.05) is 22.9 Å². The molecule has 2 heterocycles. The lowest BCUT2D eigenvalue weighted by Gasteiger charge is -2.04. The van der Waals surface area contributed by atoms with Gasteiger partial charge in [0.25, 0.3) is 0 Å². The first-order valence-corrected chi connectivity index (χ1v) is 9.01. The van der Waals surface area contributed by atoms with Gasteiger partial charge in [0.15, 0.2) is 0 Å². The number of rotatable bonds is 6. The lowest BCUT2D eigenvalue weighted by molar-refractivity contribution is -0.120. The van der Waals surface area contributed by atoms with E-state index in [1.807, 2.05) is 22.2 Å². The van der Waals surface area contributed by atoms with Crippen LogP contribution >= 0.6 is 22.7 Å². The normalized spacial score (nSPS) is 10.7. The molecule has 0 spiro atoms. The topological polar surface area (TPSA) is 42.0 Å². The fourth-order valence-corrected chi connectivity index (χ4v) is 3.66. The summed E-state index contributed by atoms with van der Waals surface area (Å²) < 4.78 is 12.8. The number of thiazole rings is 1. The molecule has 6 heteroatoms. The average molecular weight is 346 g/mol. The van der Waals surface area contributed by atoms with Gasteiger partial charge < -0.3 is 5.32 Å². The maximum Gasteiger partial charge on any atom is 0.226 e. The lowest BCUT2D eigenvalue weighted by Crippen LogP contribution is -2.27. The van der Waals surface area contributed by atoms with Crippen molar-refractivity contribution in [3.63, 3.8) is 0 Å². The van der Waals surface area contributed by atoms with Crippen molar-refractivity contribution in [2.75, 3.05) is 6.54 Å². The van der Waals surface area contributed by atoms with Crippen LogP contribution in [0.15, 0.2) is 46.5 Å². The Morgan fingerprint density at radius 1 is 1.17 bits per heavy atom. The summed E-state index contributed by atoms with van der Waals surface area (Å²) in [6.07, 6.45) is 0.966. The molecule has 0 bridgehead atoms. The van der Waals surface area contributed by atoms with Crippen molar-refractivity contribution in [3.05, 3.63) is 63.5 Å². The third-order valence-corrected chi connectivity index (χ3v) is 4.93. The number of nitrogens with zero attached hydrogens (tertiary/aromatic N) is 1. The number of hydrogen-bond acceptors (Lipinski definition) is 4. The van der Waals surface area contributed by atoms with Crippen LogP contribution in [0.2, 0.25) is 0 Å². The average Bonchev–Trinajstić information content (AvgIpc) is 3.20. The number of amides is 1. The van der Waals surface area contributed by atoms with Gasteiger partial charge in [-0.05, 0) is 35.6 Å². The van der Waals surface area contributed by atoms with Gasteiger partial charge in [0.05, 0.1) is 12.1 Å². The fourth-order valence-electron chi connectivity index (χ4n) is 2.13. The molecule has 1 aromatic carbocycles. The molecule has 23 heavy (non-hydrogen) atoms. The summed E-state index contributed by atoms with van der Waals surface area (Å²) >= 11 is 3.18. The monoisotopic (exact) mass is 346 g/mol. The van der Waals surface area contributed by atoms with Crippen LogP contribution in [-0.2, 0) is 17.6 Å². The van der Waals surface area contributed by atoms with Crippen LogP contribution in [-0.4, -0.2) is 17.4 Å². The molecule has 0 atom stereocenters. The molecular formula is C17H15FN2OS2. The maximum atomic E-state index is 12.8. The van der Waals surface area contributed by atoms with Crippen molar-refractivity contribution in [1.82, 2.24) is 10.3 Å².